The molecule has 0 unspecified atom stereocenters. The number of rotatable bonds is 7. The summed E-state index contributed by atoms with van der Waals surface area (Å²) in [5.41, 5.74) is 2.55. The molecule has 156 valence electrons. The Morgan fingerprint density at radius 2 is 1.57 bits per heavy atom. The molecule has 6 nitrogen and oxygen atoms in total. The van der Waals surface area contributed by atoms with Crippen molar-refractivity contribution >= 4 is 35.8 Å². The van der Waals surface area contributed by atoms with E-state index < -0.39 is 0 Å². The molecule has 7 heteroatoms. The molecule has 2 saturated heterocycles. The van der Waals surface area contributed by atoms with Crippen LogP contribution >= 0.6 is 24.0 Å². The van der Waals surface area contributed by atoms with E-state index in [1.165, 1.54) is 37.1 Å². The highest BCUT2D eigenvalue weighted by Crippen LogP contribution is 2.13. The molecule has 1 aromatic carbocycles. The second-order valence-electron chi connectivity index (χ2n) is 7.44. The smallest absolute Gasteiger partial charge is 0.241 e. The van der Waals surface area contributed by atoms with Gasteiger partial charge in [-0.1, -0.05) is 24.3 Å². The van der Waals surface area contributed by atoms with Crippen LogP contribution in [-0.4, -0.2) is 60.9 Å². The first-order valence-corrected chi connectivity index (χ1v) is 10.3. The Kier molecular flexibility index (Phi) is 10.0. The van der Waals surface area contributed by atoms with Gasteiger partial charge in [0.25, 0.3) is 0 Å². The molecular weight excluding hydrogens is 465 g/mol. The molecule has 1 aromatic rings. The third kappa shape index (κ3) is 7.24. The highest BCUT2D eigenvalue weighted by molar-refractivity contribution is 14.0. The molecule has 0 spiro atoms. The summed E-state index contributed by atoms with van der Waals surface area (Å²) in [6, 6.07) is 8.74. The topological polar surface area (TPSA) is 60.0 Å². The predicted molar refractivity (Wildman–Crippen MR) is 125 cm³/mol. The number of guanidine groups is 1. The van der Waals surface area contributed by atoms with Gasteiger partial charge in [-0.25, -0.2) is 4.99 Å². The summed E-state index contributed by atoms with van der Waals surface area (Å²) in [6.45, 7) is 8.99. The van der Waals surface area contributed by atoms with Gasteiger partial charge in [0, 0.05) is 26.2 Å². The molecule has 0 radical (unpaired) electrons. The highest BCUT2D eigenvalue weighted by Gasteiger charge is 2.17. The molecule has 2 heterocycles. The van der Waals surface area contributed by atoms with Gasteiger partial charge >= 0.3 is 0 Å². The lowest BCUT2D eigenvalue weighted by atomic mass is 10.1. The number of hydrogen-bond donors (Lipinski definition) is 2. The zero-order valence-corrected chi connectivity index (χ0v) is 19.3. The number of nitrogens with zero attached hydrogens (tertiary/aromatic N) is 3. The zero-order valence-electron chi connectivity index (χ0n) is 17.0. The molecule has 2 aliphatic rings. The summed E-state index contributed by atoms with van der Waals surface area (Å²) >= 11 is 0. The summed E-state index contributed by atoms with van der Waals surface area (Å²) in [6.07, 6.45) is 4.89. The standard InChI is InChI=1S/C21H33N5O.HI/c1-2-22-21(24-16-20(27)26-13-5-6-14-26)23-15-18-7-9-19(10-8-18)17-25-11-3-4-12-25;/h7-10H,2-6,11-17H2,1H3,(H2,22,23,24);1H. The van der Waals surface area contributed by atoms with E-state index in [-0.39, 0.29) is 29.9 Å². The Morgan fingerprint density at radius 1 is 0.964 bits per heavy atom. The van der Waals surface area contributed by atoms with E-state index in [9.17, 15) is 4.79 Å². The van der Waals surface area contributed by atoms with Crippen LogP contribution in [0.25, 0.3) is 0 Å². The second-order valence-corrected chi connectivity index (χ2v) is 7.44. The average Bonchev–Trinajstić information content (AvgIpc) is 3.39. The molecular formula is C21H34IN5O. The van der Waals surface area contributed by atoms with Crippen LogP contribution in [0.3, 0.4) is 0 Å². The van der Waals surface area contributed by atoms with Crippen molar-refractivity contribution in [1.82, 2.24) is 20.4 Å². The maximum Gasteiger partial charge on any atom is 0.241 e. The molecule has 2 fully saturated rings. The number of likely N-dealkylation sites (tertiary alicyclic amines) is 2. The van der Waals surface area contributed by atoms with Crippen molar-refractivity contribution < 1.29 is 4.79 Å². The van der Waals surface area contributed by atoms with Crippen molar-refractivity contribution in [3.8, 4) is 0 Å². The van der Waals surface area contributed by atoms with Crippen molar-refractivity contribution in [2.24, 2.45) is 4.99 Å². The van der Waals surface area contributed by atoms with Crippen LogP contribution in [0.2, 0.25) is 0 Å². The summed E-state index contributed by atoms with van der Waals surface area (Å²) < 4.78 is 0. The van der Waals surface area contributed by atoms with E-state index in [4.69, 9.17) is 0 Å². The Balaban J connectivity index is 0.00000280. The second kappa shape index (κ2) is 12.3. The zero-order chi connectivity index (χ0) is 18.9. The highest BCUT2D eigenvalue weighted by atomic mass is 127. The van der Waals surface area contributed by atoms with E-state index >= 15 is 0 Å². The first-order chi connectivity index (χ1) is 13.2. The maximum absolute atomic E-state index is 12.2. The van der Waals surface area contributed by atoms with Crippen LogP contribution in [0.15, 0.2) is 29.3 Å². The van der Waals surface area contributed by atoms with E-state index in [0.29, 0.717) is 19.0 Å². The SMILES string of the molecule is CCNC(=NCc1ccc(CN2CCCC2)cc1)NCC(=O)N1CCCC1.I. The summed E-state index contributed by atoms with van der Waals surface area (Å²) in [5, 5.41) is 6.39. The van der Waals surface area contributed by atoms with Crippen LogP contribution < -0.4 is 10.6 Å². The Morgan fingerprint density at radius 3 is 2.21 bits per heavy atom. The normalized spacial score (nSPS) is 17.5. The molecule has 2 N–H and O–H groups in total. The van der Waals surface area contributed by atoms with Gasteiger partial charge in [-0.05, 0) is 56.8 Å². The predicted octanol–water partition coefficient (Wildman–Crippen LogP) is 2.58. The lowest BCUT2D eigenvalue weighted by Crippen LogP contribution is -2.44. The number of carbonyl (C=O) groups is 1. The number of amides is 1. The van der Waals surface area contributed by atoms with Crippen LogP contribution in [0.4, 0.5) is 0 Å². The third-order valence-corrected chi connectivity index (χ3v) is 5.26. The van der Waals surface area contributed by atoms with Gasteiger partial charge in [0.1, 0.15) is 0 Å². The Bertz CT molecular complexity index is 622. The number of aliphatic imine (C=N–C) groups is 1. The summed E-state index contributed by atoms with van der Waals surface area (Å²) in [5.74, 6) is 0.857. The van der Waals surface area contributed by atoms with Gasteiger partial charge in [-0.2, -0.15) is 0 Å². The van der Waals surface area contributed by atoms with Crippen LogP contribution in [0.5, 0.6) is 0 Å². The van der Waals surface area contributed by atoms with E-state index in [0.717, 1.165) is 39.0 Å². The monoisotopic (exact) mass is 499 g/mol. The van der Waals surface area contributed by atoms with Gasteiger partial charge in [-0.3, -0.25) is 9.69 Å². The largest absolute Gasteiger partial charge is 0.357 e. The number of benzene rings is 1. The molecule has 1 amide bonds. The number of hydrogen-bond acceptors (Lipinski definition) is 3. The van der Waals surface area contributed by atoms with Crippen LogP contribution in [0.1, 0.15) is 43.7 Å². The molecule has 0 atom stereocenters. The van der Waals surface area contributed by atoms with Gasteiger partial charge in [0.05, 0.1) is 13.1 Å². The Hall–Kier alpha value is -1.35. The minimum atomic E-state index is 0. The fourth-order valence-corrected chi connectivity index (χ4v) is 3.70. The van der Waals surface area contributed by atoms with Crippen LogP contribution in [-0.2, 0) is 17.9 Å². The van der Waals surface area contributed by atoms with Crippen molar-refractivity contribution in [3.63, 3.8) is 0 Å². The first-order valence-electron chi connectivity index (χ1n) is 10.3. The van der Waals surface area contributed by atoms with E-state index in [2.05, 4.69) is 44.8 Å². The van der Waals surface area contributed by atoms with Crippen LogP contribution in [0, 0.1) is 0 Å². The van der Waals surface area contributed by atoms with Crippen molar-refractivity contribution in [2.45, 2.75) is 45.7 Å². The Labute approximate surface area is 186 Å². The van der Waals surface area contributed by atoms with Gasteiger partial charge < -0.3 is 15.5 Å². The van der Waals surface area contributed by atoms with E-state index in [1.54, 1.807) is 0 Å². The minimum Gasteiger partial charge on any atom is -0.357 e. The van der Waals surface area contributed by atoms with Crippen molar-refractivity contribution in [3.05, 3.63) is 35.4 Å². The lowest BCUT2D eigenvalue weighted by Gasteiger charge is -2.17. The first kappa shape index (κ1) is 22.9. The molecule has 0 aliphatic carbocycles. The molecule has 3 rings (SSSR count). The molecule has 28 heavy (non-hydrogen) atoms. The number of halogens is 1. The number of carbonyl (C=O) groups excluding carboxylic acids is 1. The molecule has 0 saturated carbocycles. The summed E-state index contributed by atoms with van der Waals surface area (Å²) in [7, 11) is 0. The fourth-order valence-electron chi connectivity index (χ4n) is 3.70. The quantitative estimate of drug-likeness (QED) is 0.344. The maximum atomic E-state index is 12.2. The van der Waals surface area contributed by atoms with E-state index in [1.807, 2.05) is 11.8 Å². The minimum absolute atomic E-state index is 0. The molecule has 2 aliphatic heterocycles. The lowest BCUT2D eigenvalue weighted by molar-refractivity contribution is -0.128. The summed E-state index contributed by atoms with van der Waals surface area (Å²) in [4.78, 5) is 21.3. The molecule has 0 aromatic heterocycles. The van der Waals surface area contributed by atoms with Gasteiger partial charge in [-0.15, -0.1) is 24.0 Å². The van der Waals surface area contributed by atoms with Crippen molar-refractivity contribution in [1.29, 1.82) is 0 Å². The third-order valence-electron chi connectivity index (χ3n) is 5.26. The number of nitrogens with one attached hydrogen (secondary N) is 2. The average molecular weight is 499 g/mol. The van der Waals surface area contributed by atoms with Gasteiger partial charge in [0.2, 0.25) is 5.91 Å². The van der Waals surface area contributed by atoms with Gasteiger partial charge in [0.15, 0.2) is 5.96 Å². The molecule has 0 bridgehead atoms. The fraction of sp³-hybridized carbons (Fsp3) is 0.619. The van der Waals surface area contributed by atoms with Crippen molar-refractivity contribution in [2.75, 3.05) is 39.3 Å².